The lowest BCUT2D eigenvalue weighted by molar-refractivity contribution is -0.145. The average molecular weight is 519 g/mol. The first-order valence-electron chi connectivity index (χ1n) is 12.6. The zero-order chi connectivity index (χ0) is 27.4. The summed E-state index contributed by atoms with van der Waals surface area (Å²) in [6, 6.07) is 5.30. The van der Waals surface area contributed by atoms with Crippen LogP contribution in [0.4, 0.5) is 0 Å². The molecular formula is C25H38N6O6. The molecule has 4 unspecified atom stereocenters. The van der Waals surface area contributed by atoms with Gasteiger partial charge in [-0.25, -0.2) is 4.79 Å². The molecule has 204 valence electrons. The van der Waals surface area contributed by atoms with Gasteiger partial charge >= 0.3 is 5.97 Å². The predicted octanol–water partition coefficient (Wildman–Crippen LogP) is -1.00. The lowest BCUT2D eigenvalue weighted by Crippen LogP contribution is -2.57. The Morgan fingerprint density at radius 1 is 1.03 bits per heavy atom. The van der Waals surface area contributed by atoms with E-state index in [-0.39, 0.29) is 19.4 Å². The summed E-state index contributed by atoms with van der Waals surface area (Å²) in [6.45, 7) is 0.717. The van der Waals surface area contributed by atoms with Gasteiger partial charge in [0, 0.05) is 13.0 Å². The predicted molar refractivity (Wildman–Crippen MR) is 136 cm³/mol. The molecule has 0 bridgehead atoms. The smallest absolute Gasteiger partial charge is 0.326 e. The van der Waals surface area contributed by atoms with Crippen molar-refractivity contribution >= 4 is 29.6 Å². The third-order valence-corrected chi connectivity index (χ3v) is 6.33. The molecule has 9 N–H and O–H groups in total. The maximum Gasteiger partial charge on any atom is 0.326 e. The third kappa shape index (κ3) is 9.47. The van der Waals surface area contributed by atoms with Gasteiger partial charge in [-0.3, -0.25) is 19.2 Å². The van der Waals surface area contributed by atoms with Crippen LogP contribution in [0.5, 0.6) is 0 Å². The van der Waals surface area contributed by atoms with Gasteiger partial charge in [0.1, 0.15) is 18.1 Å². The van der Waals surface area contributed by atoms with E-state index in [1.165, 1.54) is 4.90 Å². The fraction of sp³-hybridized carbons (Fsp3) is 0.560. The van der Waals surface area contributed by atoms with Gasteiger partial charge < -0.3 is 37.8 Å². The minimum Gasteiger partial charge on any atom is -0.480 e. The van der Waals surface area contributed by atoms with Crippen LogP contribution in [0.3, 0.4) is 0 Å². The van der Waals surface area contributed by atoms with Crippen LogP contribution in [0.25, 0.3) is 0 Å². The highest BCUT2D eigenvalue weighted by molar-refractivity contribution is 5.94. The van der Waals surface area contributed by atoms with Gasteiger partial charge in [0.15, 0.2) is 0 Å². The average Bonchev–Trinajstić information content (AvgIpc) is 3.36. The van der Waals surface area contributed by atoms with E-state index in [4.69, 9.17) is 17.2 Å². The molecule has 1 aromatic rings. The standard InChI is InChI=1S/C25H38N6O6/c26-13-5-4-9-18(29-22(33)17(27)15-16-7-2-1-3-8-16)24(35)31-14-6-10-20(31)23(34)30-19(25(36)37)11-12-21(28)32/h1-3,7-8,17-20H,4-6,9-15,26-27H2,(H2,28,32)(H,29,33)(H,30,34)(H,36,37). The number of hydrogen-bond acceptors (Lipinski definition) is 7. The van der Waals surface area contributed by atoms with Crippen LogP contribution < -0.4 is 27.8 Å². The van der Waals surface area contributed by atoms with E-state index in [0.29, 0.717) is 45.1 Å². The highest BCUT2D eigenvalue weighted by atomic mass is 16.4. The number of carboxylic acids is 1. The first-order chi connectivity index (χ1) is 17.6. The van der Waals surface area contributed by atoms with Crippen LogP contribution in [0, 0.1) is 0 Å². The highest BCUT2D eigenvalue weighted by Gasteiger charge is 2.39. The van der Waals surface area contributed by atoms with E-state index in [9.17, 15) is 29.1 Å². The lowest BCUT2D eigenvalue weighted by Gasteiger charge is -2.30. The number of unbranched alkanes of at least 4 members (excludes halogenated alkanes) is 1. The molecule has 1 aliphatic heterocycles. The molecule has 0 radical (unpaired) electrons. The fourth-order valence-corrected chi connectivity index (χ4v) is 4.30. The molecule has 2 rings (SSSR count). The van der Waals surface area contributed by atoms with Crippen molar-refractivity contribution < 1.29 is 29.1 Å². The second-order valence-electron chi connectivity index (χ2n) is 9.24. The van der Waals surface area contributed by atoms with E-state index in [1.807, 2.05) is 30.3 Å². The first kappa shape index (κ1) is 29.7. The molecule has 1 aromatic carbocycles. The van der Waals surface area contributed by atoms with Crippen LogP contribution in [0.1, 0.15) is 50.5 Å². The molecule has 0 aromatic heterocycles. The second kappa shape index (κ2) is 14.9. The van der Waals surface area contributed by atoms with Crippen LogP contribution in [-0.4, -0.2) is 76.9 Å². The molecule has 1 aliphatic rings. The van der Waals surface area contributed by atoms with Gasteiger partial charge in [-0.05, 0) is 57.1 Å². The third-order valence-electron chi connectivity index (χ3n) is 6.33. The number of rotatable bonds is 15. The van der Waals surface area contributed by atoms with Crippen LogP contribution in [0.2, 0.25) is 0 Å². The molecule has 4 atom stereocenters. The van der Waals surface area contributed by atoms with Crippen LogP contribution in [0.15, 0.2) is 30.3 Å². The van der Waals surface area contributed by atoms with Gasteiger partial charge in [-0.2, -0.15) is 0 Å². The van der Waals surface area contributed by atoms with Crippen molar-refractivity contribution in [3.63, 3.8) is 0 Å². The summed E-state index contributed by atoms with van der Waals surface area (Å²) in [5.74, 6) is -3.52. The number of aliphatic carboxylic acids is 1. The van der Waals surface area contributed by atoms with Crippen molar-refractivity contribution in [2.24, 2.45) is 17.2 Å². The fourth-order valence-electron chi connectivity index (χ4n) is 4.30. The Balaban J connectivity index is 2.09. The van der Waals surface area contributed by atoms with Crippen molar-refractivity contribution in [3.05, 3.63) is 35.9 Å². The summed E-state index contributed by atoms with van der Waals surface area (Å²) < 4.78 is 0. The van der Waals surface area contributed by atoms with Gasteiger partial charge in [-0.1, -0.05) is 30.3 Å². The largest absolute Gasteiger partial charge is 0.480 e. The summed E-state index contributed by atoms with van der Waals surface area (Å²) in [5, 5.41) is 14.6. The number of nitrogens with zero attached hydrogens (tertiary/aromatic N) is 1. The first-order valence-corrected chi connectivity index (χ1v) is 12.6. The maximum atomic E-state index is 13.5. The normalized spacial score (nSPS) is 17.5. The van der Waals surface area contributed by atoms with Gasteiger partial charge in [0.25, 0.3) is 0 Å². The Hall–Kier alpha value is -3.51. The number of nitrogens with one attached hydrogen (secondary N) is 2. The number of likely N-dealkylation sites (tertiary alicyclic amines) is 1. The quantitative estimate of drug-likeness (QED) is 0.158. The summed E-state index contributed by atoms with van der Waals surface area (Å²) in [7, 11) is 0. The van der Waals surface area contributed by atoms with Gasteiger partial charge in [0.05, 0.1) is 6.04 Å². The van der Waals surface area contributed by atoms with E-state index in [1.54, 1.807) is 0 Å². The Labute approximate surface area is 216 Å². The van der Waals surface area contributed by atoms with Gasteiger partial charge in [0.2, 0.25) is 23.6 Å². The SMILES string of the molecule is NCCCCC(NC(=O)C(N)Cc1ccccc1)C(=O)N1CCCC1C(=O)NC(CCC(N)=O)C(=O)O. The number of carboxylic acid groups (broad SMARTS) is 1. The van der Waals surface area contributed by atoms with Crippen molar-refractivity contribution in [2.45, 2.75) is 75.5 Å². The minimum absolute atomic E-state index is 0.159. The summed E-state index contributed by atoms with van der Waals surface area (Å²) >= 11 is 0. The molecule has 1 fully saturated rings. The molecule has 4 amide bonds. The van der Waals surface area contributed by atoms with Crippen LogP contribution >= 0.6 is 0 Å². The number of primary amides is 1. The van der Waals surface area contributed by atoms with E-state index in [0.717, 1.165) is 5.56 Å². The summed E-state index contributed by atoms with van der Waals surface area (Å²) in [6.07, 6.45) is 2.38. The van der Waals surface area contributed by atoms with Crippen molar-refractivity contribution in [1.29, 1.82) is 0 Å². The van der Waals surface area contributed by atoms with Crippen LogP contribution in [-0.2, 0) is 30.4 Å². The number of hydrogen-bond donors (Lipinski definition) is 6. The number of carbonyl (C=O) groups excluding carboxylic acids is 4. The minimum atomic E-state index is -1.31. The number of nitrogens with two attached hydrogens (primary N) is 3. The summed E-state index contributed by atoms with van der Waals surface area (Å²) in [5.41, 5.74) is 17.7. The number of amides is 4. The zero-order valence-electron chi connectivity index (χ0n) is 20.9. The molecule has 1 saturated heterocycles. The Morgan fingerprint density at radius 2 is 1.73 bits per heavy atom. The number of benzene rings is 1. The summed E-state index contributed by atoms with van der Waals surface area (Å²) in [4.78, 5) is 63.2. The highest BCUT2D eigenvalue weighted by Crippen LogP contribution is 2.20. The monoisotopic (exact) mass is 518 g/mol. The molecule has 0 spiro atoms. The molecule has 0 aliphatic carbocycles. The van der Waals surface area contributed by atoms with Crippen molar-refractivity contribution in [3.8, 4) is 0 Å². The van der Waals surface area contributed by atoms with Gasteiger partial charge in [-0.15, -0.1) is 0 Å². The molecule has 12 heteroatoms. The van der Waals surface area contributed by atoms with Crippen molar-refractivity contribution in [1.82, 2.24) is 15.5 Å². The molecule has 12 nitrogen and oxygen atoms in total. The van der Waals surface area contributed by atoms with E-state index < -0.39 is 53.8 Å². The topological polar surface area (TPSA) is 211 Å². The molecule has 1 heterocycles. The maximum absolute atomic E-state index is 13.5. The number of carbonyl (C=O) groups is 5. The van der Waals surface area contributed by atoms with E-state index >= 15 is 0 Å². The molecule has 37 heavy (non-hydrogen) atoms. The van der Waals surface area contributed by atoms with Crippen molar-refractivity contribution in [2.75, 3.05) is 13.1 Å². The Bertz CT molecular complexity index is 943. The Morgan fingerprint density at radius 3 is 2.35 bits per heavy atom. The lowest BCUT2D eigenvalue weighted by atomic mass is 10.0. The second-order valence-corrected chi connectivity index (χ2v) is 9.24. The Kier molecular flexibility index (Phi) is 12.0. The molecule has 0 saturated carbocycles. The molecular weight excluding hydrogens is 480 g/mol. The van der Waals surface area contributed by atoms with E-state index in [2.05, 4.69) is 10.6 Å². The zero-order valence-corrected chi connectivity index (χ0v) is 20.9.